The first-order valence-corrected chi connectivity index (χ1v) is 10.1. The van der Waals surface area contributed by atoms with Gasteiger partial charge in [0, 0.05) is 18.2 Å². The van der Waals surface area contributed by atoms with E-state index in [0.29, 0.717) is 28.9 Å². The molecule has 2 aromatic heterocycles. The van der Waals surface area contributed by atoms with E-state index in [4.69, 9.17) is 21.4 Å². The van der Waals surface area contributed by atoms with E-state index in [1.165, 1.54) is 18.2 Å². The van der Waals surface area contributed by atoms with E-state index in [0.717, 1.165) is 24.8 Å². The Morgan fingerprint density at radius 2 is 1.90 bits per heavy atom. The van der Waals surface area contributed by atoms with Crippen LogP contribution in [0, 0.1) is 11.6 Å². The molecule has 1 unspecified atom stereocenters. The molecule has 152 valence electrons. The quantitative estimate of drug-likeness (QED) is 0.389. The molecule has 0 aliphatic carbocycles. The normalized spacial score (nSPS) is 16.8. The van der Waals surface area contributed by atoms with Gasteiger partial charge in [-0.3, -0.25) is 0 Å². The lowest BCUT2D eigenvalue weighted by molar-refractivity contribution is -0.0365. The number of hydrogen-bond donors (Lipinski definition) is 0. The number of ether oxygens (including phenoxy) is 1. The van der Waals surface area contributed by atoms with Crippen molar-refractivity contribution in [3.63, 3.8) is 0 Å². The van der Waals surface area contributed by atoms with Gasteiger partial charge in [-0.05, 0) is 66.8 Å². The van der Waals surface area contributed by atoms with Crippen molar-refractivity contribution < 1.29 is 13.5 Å². The van der Waals surface area contributed by atoms with Crippen molar-refractivity contribution in [3.05, 3.63) is 65.6 Å². The summed E-state index contributed by atoms with van der Waals surface area (Å²) in [4.78, 5) is 8.21. The number of nitrogens with zero attached hydrogens (tertiary/aromatic N) is 4. The molecule has 4 aromatic rings. The van der Waals surface area contributed by atoms with Gasteiger partial charge in [-0.2, -0.15) is 5.10 Å². The van der Waals surface area contributed by atoms with Crippen LogP contribution in [0.15, 0.2) is 48.7 Å². The topological polar surface area (TPSA) is 52.8 Å². The lowest BCUT2D eigenvalue weighted by atomic mass is 10.0. The fraction of sp³-hybridized carbons (Fsp3) is 0.227. The highest BCUT2D eigenvalue weighted by Crippen LogP contribution is 2.36. The van der Waals surface area contributed by atoms with Crippen LogP contribution in [0.5, 0.6) is 0 Å². The zero-order chi connectivity index (χ0) is 20.7. The number of halogens is 3. The van der Waals surface area contributed by atoms with Gasteiger partial charge in [0.15, 0.2) is 6.23 Å². The monoisotopic (exact) mass is 426 g/mol. The van der Waals surface area contributed by atoms with Crippen molar-refractivity contribution in [1.29, 1.82) is 0 Å². The first-order valence-electron chi connectivity index (χ1n) is 9.69. The number of aromatic nitrogens is 4. The van der Waals surface area contributed by atoms with Crippen LogP contribution in [0.4, 0.5) is 8.78 Å². The smallest absolute Gasteiger partial charge is 0.222 e. The minimum absolute atomic E-state index is 0.0762. The lowest BCUT2D eigenvalue weighted by Crippen LogP contribution is -2.19. The Balaban J connectivity index is 1.74. The molecular formula is C22H17ClF2N4O. The van der Waals surface area contributed by atoms with Crippen LogP contribution in [-0.4, -0.2) is 26.4 Å². The van der Waals surface area contributed by atoms with Crippen LogP contribution in [0.2, 0.25) is 5.28 Å². The molecule has 0 bridgehead atoms. The molecule has 5 rings (SSSR count). The second-order valence-electron chi connectivity index (χ2n) is 7.15. The highest BCUT2D eigenvalue weighted by molar-refractivity contribution is 6.28. The predicted octanol–water partition coefficient (Wildman–Crippen LogP) is 5.79. The van der Waals surface area contributed by atoms with Crippen LogP contribution in [0.1, 0.15) is 25.5 Å². The Hall–Kier alpha value is -2.90. The SMILES string of the molecule is Fc1cccc(F)c1-c1ccc2c(c1)c(-c1ccnc(Cl)n1)nn2C1CCCCO1. The Morgan fingerprint density at radius 1 is 1.07 bits per heavy atom. The molecule has 0 radical (unpaired) electrons. The van der Waals surface area contributed by atoms with Crippen LogP contribution in [-0.2, 0) is 4.74 Å². The average Bonchev–Trinajstić information content (AvgIpc) is 3.13. The highest BCUT2D eigenvalue weighted by atomic mass is 35.5. The summed E-state index contributed by atoms with van der Waals surface area (Å²) >= 11 is 5.99. The summed E-state index contributed by atoms with van der Waals surface area (Å²) in [6.07, 6.45) is 4.24. The highest BCUT2D eigenvalue weighted by Gasteiger charge is 2.23. The zero-order valence-electron chi connectivity index (χ0n) is 15.9. The molecule has 0 N–H and O–H groups in total. The van der Waals surface area contributed by atoms with Gasteiger partial charge in [0.1, 0.15) is 17.3 Å². The molecule has 30 heavy (non-hydrogen) atoms. The van der Waals surface area contributed by atoms with Crippen LogP contribution < -0.4 is 0 Å². The fourth-order valence-electron chi connectivity index (χ4n) is 3.86. The third-order valence-electron chi connectivity index (χ3n) is 5.25. The first-order chi connectivity index (χ1) is 14.6. The van der Waals surface area contributed by atoms with E-state index >= 15 is 0 Å². The Bertz CT molecular complexity index is 1220. The van der Waals surface area contributed by atoms with Gasteiger partial charge in [-0.25, -0.2) is 23.4 Å². The second-order valence-corrected chi connectivity index (χ2v) is 7.49. The number of rotatable bonds is 3. The van der Waals surface area contributed by atoms with E-state index in [1.807, 2.05) is 10.7 Å². The summed E-state index contributed by atoms with van der Waals surface area (Å²) in [7, 11) is 0. The molecule has 0 saturated carbocycles. The third-order valence-corrected chi connectivity index (χ3v) is 5.44. The molecule has 5 nitrogen and oxygen atoms in total. The van der Waals surface area contributed by atoms with E-state index < -0.39 is 11.6 Å². The Kier molecular flexibility index (Phi) is 4.92. The van der Waals surface area contributed by atoms with E-state index in [-0.39, 0.29) is 17.1 Å². The zero-order valence-corrected chi connectivity index (χ0v) is 16.6. The molecule has 1 atom stereocenters. The molecule has 2 aromatic carbocycles. The summed E-state index contributed by atoms with van der Waals surface area (Å²) in [5.74, 6) is -1.24. The van der Waals surface area contributed by atoms with Crippen molar-refractivity contribution in [2.45, 2.75) is 25.5 Å². The molecule has 0 amide bonds. The summed E-state index contributed by atoms with van der Waals surface area (Å²) in [6, 6.07) is 10.8. The largest absolute Gasteiger partial charge is 0.356 e. The average molecular weight is 427 g/mol. The van der Waals surface area contributed by atoms with E-state index in [1.54, 1.807) is 24.4 Å². The van der Waals surface area contributed by atoms with Crippen LogP contribution >= 0.6 is 11.6 Å². The van der Waals surface area contributed by atoms with Gasteiger partial charge >= 0.3 is 0 Å². The van der Waals surface area contributed by atoms with Crippen molar-refractivity contribution in [2.24, 2.45) is 0 Å². The maximum absolute atomic E-state index is 14.4. The van der Waals surface area contributed by atoms with Crippen molar-refractivity contribution in [2.75, 3.05) is 6.61 Å². The number of benzene rings is 2. The van der Waals surface area contributed by atoms with Crippen molar-refractivity contribution >= 4 is 22.5 Å². The number of hydrogen-bond acceptors (Lipinski definition) is 4. The molecule has 8 heteroatoms. The van der Waals surface area contributed by atoms with Gasteiger partial charge < -0.3 is 4.74 Å². The van der Waals surface area contributed by atoms with E-state index in [9.17, 15) is 8.78 Å². The molecule has 1 saturated heterocycles. The van der Waals surface area contributed by atoms with Gasteiger partial charge in [0.25, 0.3) is 0 Å². The third kappa shape index (κ3) is 3.34. The van der Waals surface area contributed by atoms with Gasteiger partial charge in [-0.15, -0.1) is 0 Å². The fourth-order valence-corrected chi connectivity index (χ4v) is 4.01. The standard InChI is InChI=1S/C22H17ClF2N4O/c23-22-26-10-9-17(27-22)21-14-12-13(20-15(24)4-3-5-16(20)25)7-8-18(14)29(28-21)19-6-1-2-11-30-19/h3-5,7-10,12,19H,1-2,6,11H2. The summed E-state index contributed by atoms with van der Waals surface area (Å²) in [5, 5.41) is 5.56. The molecule has 0 spiro atoms. The second kappa shape index (κ2) is 7.74. The van der Waals surface area contributed by atoms with Crippen LogP contribution in [0.25, 0.3) is 33.4 Å². The molecule has 1 fully saturated rings. The summed E-state index contributed by atoms with van der Waals surface area (Å²) < 4.78 is 36.5. The minimum Gasteiger partial charge on any atom is -0.356 e. The van der Waals surface area contributed by atoms with Crippen LogP contribution in [0.3, 0.4) is 0 Å². The van der Waals surface area contributed by atoms with Crippen molar-refractivity contribution in [3.8, 4) is 22.5 Å². The Labute approximate surface area is 176 Å². The lowest BCUT2D eigenvalue weighted by Gasteiger charge is -2.23. The molecule has 1 aliphatic heterocycles. The van der Waals surface area contributed by atoms with Gasteiger partial charge in [0.05, 0.1) is 16.8 Å². The number of fused-ring (bicyclic) bond motifs is 1. The summed E-state index contributed by atoms with van der Waals surface area (Å²) in [5.41, 5.74) is 2.23. The van der Waals surface area contributed by atoms with Crippen molar-refractivity contribution in [1.82, 2.24) is 19.7 Å². The molecular weight excluding hydrogens is 410 g/mol. The minimum atomic E-state index is -0.621. The maximum atomic E-state index is 14.4. The first kappa shape index (κ1) is 19.1. The van der Waals surface area contributed by atoms with E-state index in [2.05, 4.69) is 9.97 Å². The molecule has 3 heterocycles. The predicted molar refractivity (Wildman–Crippen MR) is 110 cm³/mol. The van der Waals surface area contributed by atoms with Gasteiger partial charge in [0.2, 0.25) is 5.28 Å². The maximum Gasteiger partial charge on any atom is 0.222 e. The molecule has 1 aliphatic rings. The van der Waals surface area contributed by atoms with Gasteiger partial charge in [-0.1, -0.05) is 12.1 Å². The summed E-state index contributed by atoms with van der Waals surface area (Å²) in [6.45, 7) is 0.666. The Morgan fingerprint density at radius 3 is 2.63 bits per heavy atom.